The standard InChI is InChI=1S/C35H21N3S/c1-2-10-22(11-3-1)37-27-15-7-4-12-24(27)30-31-26-14-6-9-17-29(26)39-35(31)32-25-13-5-8-16-28(25)38(34(32)33(30)37)23-18-20-36-21-19-23/h1-21H. The van der Waals surface area contributed by atoms with Gasteiger partial charge in [0.15, 0.2) is 0 Å². The summed E-state index contributed by atoms with van der Waals surface area (Å²) in [6.45, 7) is 0. The first-order valence-corrected chi connectivity index (χ1v) is 14.0. The predicted molar refractivity (Wildman–Crippen MR) is 166 cm³/mol. The summed E-state index contributed by atoms with van der Waals surface area (Å²) in [5, 5.41) is 7.84. The molecule has 4 heteroatoms. The highest BCUT2D eigenvalue weighted by Crippen LogP contribution is 2.50. The van der Waals surface area contributed by atoms with E-state index in [4.69, 9.17) is 0 Å². The maximum absolute atomic E-state index is 4.34. The molecule has 0 aliphatic heterocycles. The van der Waals surface area contributed by atoms with Crippen molar-refractivity contribution >= 4 is 75.1 Å². The minimum Gasteiger partial charge on any atom is -0.307 e. The molecule has 0 radical (unpaired) electrons. The van der Waals surface area contributed by atoms with Crippen LogP contribution in [0.1, 0.15) is 0 Å². The fourth-order valence-corrected chi connectivity index (χ4v) is 7.76. The Kier molecular flexibility index (Phi) is 4.21. The lowest BCUT2D eigenvalue weighted by molar-refractivity contribution is 1.14. The summed E-state index contributed by atoms with van der Waals surface area (Å²) in [5.41, 5.74) is 7.17. The lowest BCUT2D eigenvalue weighted by Crippen LogP contribution is -1.98. The van der Waals surface area contributed by atoms with Gasteiger partial charge in [-0.2, -0.15) is 0 Å². The van der Waals surface area contributed by atoms with Crippen molar-refractivity contribution in [1.82, 2.24) is 14.1 Å². The van der Waals surface area contributed by atoms with Crippen LogP contribution in [0.2, 0.25) is 0 Å². The highest BCUT2D eigenvalue weighted by molar-refractivity contribution is 7.27. The molecule has 0 saturated carbocycles. The summed E-state index contributed by atoms with van der Waals surface area (Å²) >= 11 is 1.91. The van der Waals surface area contributed by atoms with Crippen molar-refractivity contribution in [3.8, 4) is 11.4 Å². The molecule has 0 aliphatic rings. The van der Waals surface area contributed by atoms with Crippen LogP contribution < -0.4 is 0 Å². The van der Waals surface area contributed by atoms with Crippen molar-refractivity contribution in [3.05, 3.63) is 128 Å². The molecule has 0 amide bonds. The highest BCUT2D eigenvalue weighted by atomic mass is 32.1. The van der Waals surface area contributed by atoms with Gasteiger partial charge < -0.3 is 9.13 Å². The number of benzene rings is 5. The lowest BCUT2D eigenvalue weighted by atomic mass is 10.0. The Morgan fingerprint density at radius 3 is 1.72 bits per heavy atom. The summed E-state index contributed by atoms with van der Waals surface area (Å²) in [6.07, 6.45) is 3.77. The quantitative estimate of drug-likeness (QED) is 0.225. The van der Waals surface area contributed by atoms with E-state index in [-0.39, 0.29) is 0 Å². The van der Waals surface area contributed by atoms with E-state index < -0.39 is 0 Å². The second-order valence-corrected chi connectivity index (χ2v) is 11.0. The number of pyridine rings is 1. The smallest absolute Gasteiger partial charge is 0.0803 e. The van der Waals surface area contributed by atoms with Crippen LogP contribution in [0.15, 0.2) is 128 Å². The first-order chi connectivity index (χ1) is 19.4. The molecule has 0 atom stereocenters. The van der Waals surface area contributed by atoms with E-state index >= 15 is 0 Å². The van der Waals surface area contributed by atoms with Crippen LogP contribution in [0.3, 0.4) is 0 Å². The van der Waals surface area contributed by atoms with E-state index in [1.54, 1.807) is 0 Å². The van der Waals surface area contributed by atoms with Gasteiger partial charge in [0.1, 0.15) is 0 Å². The van der Waals surface area contributed by atoms with Crippen molar-refractivity contribution in [2.75, 3.05) is 0 Å². The number of fused-ring (bicyclic) bond motifs is 12. The van der Waals surface area contributed by atoms with Crippen LogP contribution in [0.4, 0.5) is 0 Å². The number of hydrogen-bond acceptors (Lipinski definition) is 2. The predicted octanol–water partition coefficient (Wildman–Crippen LogP) is 9.64. The Bertz CT molecular complexity index is 2370. The monoisotopic (exact) mass is 515 g/mol. The summed E-state index contributed by atoms with van der Waals surface area (Å²) < 4.78 is 7.57. The van der Waals surface area contributed by atoms with Crippen LogP contribution in [-0.4, -0.2) is 14.1 Å². The third-order valence-electron chi connectivity index (χ3n) is 7.98. The van der Waals surface area contributed by atoms with Gasteiger partial charge in [0, 0.05) is 65.5 Å². The van der Waals surface area contributed by atoms with Gasteiger partial charge in [0.25, 0.3) is 0 Å². The molecule has 0 saturated heterocycles. The molecule has 5 aromatic carbocycles. The molecule has 9 rings (SSSR count). The Labute approximate surface area is 227 Å². The third kappa shape index (κ3) is 2.73. The number of thiophene rings is 1. The number of rotatable bonds is 2. The van der Waals surface area contributed by atoms with Crippen LogP contribution in [-0.2, 0) is 0 Å². The lowest BCUT2D eigenvalue weighted by Gasteiger charge is -2.13. The van der Waals surface area contributed by atoms with Gasteiger partial charge in [0.2, 0.25) is 0 Å². The molecule has 9 aromatic rings. The normalized spacial score (nSPS) is 12.1. The van der Waals surface area contributed by atoms with Gasteiger partial charge in [-0.3, -0.25) is 4.98 Å². The van der Waals surface area contributed by atoms with E-state index in [1.165, 1.54) is 63.8 Å². The Morgan fingerprint density at radius 2 is 1.00 bits per heavy atom. The first kappa shape index (κ1) is 21.1. The van der Waals surface area contributed by atoms with Gasteiger partial charge in [-0.25, -0.2) is 0 Å². The number of para-hydroxylation sites is 3. The molecule has 4 aromatic heterocycles. The molecule has 182 valence electrons. The van der Waals surface area contributed by atoms with E-state index in [2.05, 4.69) is 129 Å². The van der Waals surface area contributed by atoms with Crippen molar-refractivity contribution in [2.45, 2.75) is 0 Å². The zero-order valence-electron chi connectivity index (χ0n) is 20.9. The summed E-state index contributed by atoms with van der Waals surface area (Å²) in [7, 11) is 0. The Hall–Kier alpha value is -4.93. The van der Waals surface area contributed by atoms with Crippen molar-refractivity contribution in [1.29, 1.82) is 0 Å². The van der Waals surface area contributed by atoms with Crippen molar-refractivity contribution in [2.24, 2.45) is 0 Å². The third-order valence-corrected chi connectivity index (χ3v) is 9.17. The molecule has 39 heavy (non-hydrogen) atoms. The van der Waals surface area contributed by atoms with E-state index in [1.807, 2.05) is 23.7 Å². The SMILES string of the molecule is c1ccc(-n2c3ccccc3c3c4c5ccccc5sc4c4c5ccccc5n(-c5ccncc5)c4c32)cc1. The summed E-state index contributed by atoms with van der Waals surface area (Å²) in [5.74, 6) is 0. The Balaban J connectivity index is 1.71. The molecule has 0 fully saturated rings. The molecule has 0 aliphatic carbocycles. The second-order valence-electron chi connectivity index (χ2n) is 10.00. The minimum atomic E-state index is 1.11. The van der Waals surface area contributed by atoms with Crippen LogP contribution in [0.25, 0.3) is 75.2 Å². The second kappa shape index (κ2) is 7.79. The molecule has 0 bridgehead atoms. The van der Waals surface area contributed by atoms with E-state index in [9.17, 15) is 0 Å². The average Bonchev–Trinajstić information content (AvgIpc) is 3.66. The van der Waals surface area contributed by atoms with Gasteiger partial charge in [-0.05, 0) is 42.5 Å². The van der Waals surface area contributed by atoms with Crippen molar-refractivity contribution in [3.63, 3.8) is 0 Å². The molecule has 0 N–H and O–H groups in total. The summed E-state index contributed by atoms with van der Waals surface area (Å²) in [6, 6.07) is 41.6. The molecule has 3 nitrogen and oxygen atoms in total. The van der Waals surface area contributed by atoms with Crippen molar-refractivity contribution < 1.29 is 0 Å². The van der Waals surface area contributed by atoms with Gasteiger partial charge in [0.05, 0.1) is 22.1 Å². The Morgan fingerprint density at radius 1 is 0.462 bits per heavy atom. The zero-order valence-corrected chi connectivity index (χ0v) is 21.7. The fraction of sp³-hybridized carbons (Fsp3) is 0. The average molecular weight is 516 g/mol. The molecular formula is C35H21N3S. The topological polar surface area (TPSA) is 22.8 Å². The van der Waals surface area contributed by atoms with Crippen LogP contribution in [0.5, 0.6) is 0 Å². The minimum absolute atomic E-state index is 1.11. The maximum atomic E-state index is 4.34. The maximum Gasteiger partial charge on any atom is 0.0803 e. The zero-order chi connectivity index (χ0) is 25.5. The van der Waals surface area contributed by atoms with Gasteiger partial charge in [-0.15, -0.1) is 11.3 Å². The number of hydrogen-bond donors (Lipinski definition) is 0. The van der Waals surface area contributed by atoms with Crippen LogP contribution in [0, 0.1) is 0 Å². The molecule has 0 spiro atoms. The molecular weight excluding hydrogens is 494 g/mol. The number of aromatic nitrogens is 3. The van der Waals surface area contributed by atoms with Gasteiger partial charge >= 0.3 is 0 Å². The highest BCUT2D eigenvalue weighted by Gasteiger charge is 2.26. The van der Waals surface area contributed by atoms with Gasteiger partial charge in [-0.1, -0.05) is 72.8 Å². The van der Waals surface area contributed by atoms with Crippen LogP contribution >= 0.6 is 11.3 Å². The molecule has 4 heterocycles. The largest absolute Gasteiger partial charge is 0.307 e. The summed E-state index contributed by atoms with van der Waals surface area (Å²) in [4.78, 5) is 4.34. The first-order valence-electron chi connectivity index (χ1n) is 13.2. The van der Waals surface area contributed by atoms with E-state index in [0.29, 0.717) is 0 Å². The fourth-order valence-electron chi connectivity index (χ4n) is 6.49. The van der Waals surface area contributed by atoms with E-state index in [0.717, 1.165) is 11.4 Å². The molecule has 0 unspecified atom stereocenters. The number of nitrogens with zero attached hydrogens (tertiary/aromatic N) is 3.